The van der Waals surface area contributed by atoms with Crippen LogP contribution in [0.4, 0.5) is 18.9 Å². The third-order valence-corrected chi connectivity index (χ3v) is 2.40. The van der Waals surface area contributed by atoms with Crippen molar-refractivity contribution in [3.63, 3.8) is 0 Å². The number of nitrogens with one attached hydrogen (secondary N) is 1. The minimum atomic E-state index is -4.38. The Kier molecular flexibility index (Phi) is 4.33. The minimum Gasteiger partial charge on any atom is -0.454 e. The molecule has 110 valence electrons. The number of fused-ring (bicyclic) bond motifs is 1. The van der Waals surface area contributed by atoms with Gasteiger partial charge in [0.05, 0.1) is 13.0 Å². The average molecular weight is 291 g/mol. The van der Waals surface area contributed by atoms with Gasteiger partial charge in [0.2, 0.25) is 12.7 Å². The molecule has 0 spiro atoms. The Morgan fingerprint density at radius 1 is 1.30 bits per heavy atom. The highest BCUT2D eigenvalue weighted by atomic mass is 19.4. The first kappa shape index (κ1) is 14.4. The lowest BCUT2D eigenvalue weighted by Crippen LogP contribution is -2.20. The van der Waals surface area contributed by atoms with E-state index in [1.807, 2.05) is 0 Å². The van der Waals surface area contributed by atoms with Crippen molar-refractivity contribution in [2.75, 3.05) is 25.3 Å². The quantitative estimate of drug-likeness (QED) is 0.846. The van der Waals surface area contributed by atoms with Crippen LogP contribution in [0.25, 0.3) is 0 Å². The Morgan fingerprint density at radius 3 is 2.80 bits per heavy atom. The molecule has 0 bridgehead atoms. The van der Waals surface area contributed by atoms with E-state index >= 15 is 0 Å². The maximum Gasteiger partial charge on any atom is 0.411 e. The van der Waals surface area contributed by atoms with Gasteiger partial charge < -0.3 is 19.5 Å². The minimum absolute atomic E-state index is 0.123. The van der Waals surface area contributed by atoms with Crippen molar-refractivity contribution in [1.29, 1.82) is 0 Å². The SMILES string of the molecule is O=C(CCOCC(F)(F)F)Nc1ccc2c(c1)OCO2. The summed E-state index contributed by atoms with van der Waals surface area (Å²) in [4.78, 5) is 11.5. The van der Waals surface area contributed by atoms with E-state index in [1.54, 1.807) is 18.2 Å². The standard InChI is InChI=1S/C12H12F3NO4/c13-12(14,15)6-18-4-3-11(17)16-8-1-2-9-10(5-8)20-7-19-9/h1-2,5H,3-4,6-7H2,(H,16,17). The zero-order valence-electron chi connectivity index (χ0n) is 10.3. The van der Waals surface area contributed by atoms with Crippen molar-refractivity contribution < 1.29 is 32.2 Å². The van der Waals surface area contributed by atoms with Crippen molar-refractivity contribution in [3.8, 4) is 11.5 Å². The molecule has 5 nitrogen and oxygen atoms in total. The Labute approximate surface area is 112 Å². The maximum absolute atomic E-state index is 11.8. The summed E-state index contributed by atoms with van der Waals surface area (Å²) >= 11 is 0. The number of carbonyl (C=O) groups is 1. The van der Waals surface area contributed by atoms with Gasteiger partial charge in [0.15, 0.2) is 11.5 Å². The van der Waals surface area contributed by atoms with Gasteiger partial charge in [-0.15, -0.1) is 0 Å². The van der Waals surface area contributed by atoms with Crippen LogP contribution < -0.4 is 14.8 Å². The molecule has 1 aromatic carbocycles. The zero-order valence-corrected chi connectivity index (χ0v) is 10.3. The molecular formula is C12H12F3NO4. The van der Waals surface area contributed by atoms with E-state index in [2.05, 4.69) is 10.1 Å². The molecule has 0 unspecified atom stereocenters. The van der Waals surface area contributed by atoms with Crippen LogP contribution in [0, 0.1) is 0 Å². The molecule has 1 amide bonds. The van der Waals surface area contributed by atoms with Crippen LogP contribution in [0.2, 0.25) is 0 Å². The smallest absolute Gasteiger partial charge is 0.411 e. The van der Waals surface area contributed by atoms with Crippen molar-refractivity contribution in [2.24, 2.45) is 0 Å². The molecule has 0 radical (unpaired) electrons. The molecule has 1 aliphatic rings. The number of carbonyl (C=O) groups excluding carboxylic acids is 1. The van der Waals surface area contributed by atoms with Gasteiger partial charge in [0.25, 0.3) is 0 Å². The van der Waals surface area contributed by atoms with E-state index in [0.29, 0.717) is 17.2 Å². The summed E-state index contributed by atoms with van der Waals surface area (Å²) in [6, 6.07) is 4.83. The van der Waals surface area contributed by atoms with Gasteiger partial charge in [0.1, 0.15) is 6.61 Å². The second kappa shape index (κ2) is 6.00. The fourth-order valence-corrected chi connectivity index (χ4v) is 1.55. The van der Waals surface area contributed by atoms with Gasteiger partial charge in [-0.3, -0.25) is 4.79 Å². The lowest BCUT2D eigenvalue weighted by Gasteiger charge is -2.08. The molecule has 0 atom stereocenters. The van der Waals surface area contributed by atoms with Gasteiger partial charge in [-0.05, 0) is 12.1 Å². The zero-order chi connectivity index (χ0) is 14.6. The molecule has 8 heteroatoms. The number of benzene rings is 1. The number of ether oxygens (including phenoxy) is 3. The Hall–Kier alpha value is -1.96. The topological polar surface area (TPSA) is 56.8 Å². The van der Waals surface area contributed by atoms with Crippen LogP contribution in [-0.2, 0) is 9.53 Å². The van der Waals surface area contributed by atoms with Gasteiger partial charge in [-0.25, -0.2) is 0 Å². The molecule has 0 fully saturated rings. The molecule has 20 heavy (non-hydrogen) atoms. The van der Waals surface area contributed by atoms with Crippen molar-refractivity contribution in [3.05, 3.63) is 18.2 Å². The molecule has 0 saturated heterocycles. The fourth-order valence-electron chi connectivity index (χ4n) is 1.55. The largest absolute Gasteiger partial charge is 0.454 e. The molecule has 1 aliphatic heterocycles. The van der Waals surface area contributed by atoms with E-state index in [1.165, 1.54) is 0 Å². The number of hydrogen-bond acceptors (Lipinski definition) is 4. The first-order valence-electron chi connectivity index (χ1n) is 5.78. The van der Waals surface area contributed by atoms with Crippen molar-refractivity contribution in [1.82, 2.24) is 0 Å². The third kappa shape index (κ3) is 4.30. The lowest BCUT2D eigenvalue weighted by atomic mass is 10.2. The molecule has 1 heterocycles. The summed E-state index contributed by atoms with van der Waals surface area (Å²) in [5, 5.41) is 2.53. The Morgan fingerprint density at radius 2 is 2.05 bits per heavy atom. The number of halogens is 3. The van der Waals surface area contributed by atoms with E-state index in [9.17, 15) is 18.0 Å². The second-order valence-corrected chi connectivity index (χ2v) is 4.03. The van der Waals surface area contributed by atoms with Crippen LogP contribution in [-0.4, -0.2) is 32.1 Å². The van der Waals surface area contributed by atoms with Gasteiger partial charge in [-0.2, -0.15) is 13.2 Å². The second-order valence-electron chi connectivity index (χ2n) is 4.03. The number of alkyl halides is 3. The van der Waals surface area contributed by atoms with E-state index in [4.69, 9.17) is 9.47 Å². The van der Waals surface area contributed by atoms with Crippen LogP contribution >= 0.6 is 0 Å². The number of hydrogen-bond donors (Lipinski definition) is 1. The molecule has 0 aromatic heterocycles. The number of anilines is 1. The maximum atomic E-state index is 11.8. The third-order valence-electron chi connectivity index (χ3n) is 2.40. The van der Waals surface area contributed by atoms with Crippen LogP contribution in [0.15, 0.2) is 18.2 Å². The fraction of sp³-hybridized carbons (Fsp3) is 0.417. The van der Waals surface area contributed by atoms with Gasteiger partial charge >= 0.3 is 6.18 Å². The first-order chi connectivity index (χ1) is 9.44. The summed E-state index contributed by atoms with van der Waals surface area (Å²) in [5.74, 6) is 0.652. The summed E-state index contributed by atoms with van der Waals surface area (Å²) in [6.45, 7) is -1.53. The summed E-state index contributed by atoms with van der Waals surface area (Å²) in [6.07, 6.45) is -4.54. The number of rotatable bonds is 5. The van der Waals surface area contributed by atoms with Crippen molar-refractivity contribution >= 4 is 11.6 Å². The predicted octanol–water partition coefficient (Wildman–Crippen LogP) is 2.32. The average Bonchev–Trinajstić information content (AvgIpc) is 2.81. The summed E-state index contributed by atoms with van der Waals surface area (Å²) in [5.41, 5.74) is 0.482. The molecule has 1 aromatic rings. The first-order valence-corrected chi connectivity index (χ1v) is 5.78. The highest BCUT2D eigenvalue weighted by Crippen LogP contribution is 2.34. The molecule has 2 rings (SSSR count). The van der Waals surface area contributed by atoms with E-state index in [0.717, 1.165) is 0 Å². The normalized spacial score (nSPS) is 13.3. The summed E-state index contributed by atoms with van der Waals surface area (Å²) < 4.78 is 50.0. The molecular weight excluding hydrogens is 279 g/mol. The molecule has 0 aliphatic carbocycles. The predicted molar refractivity (Wildman–Crippen MR) is 62.7 cm³/mol. The Bertz CT molecular complexity index is 490. The number of amides is 1. The van der Waals surface area contributed by atoms with Crippen molar-refractivity contribution in [2.45, 2.75) is 12.6 Å². The van der Waals surface area contributed by atoms with Crippen LogP contribution in [0.5, 0.6) is 11.5 Å². The molecule has 0 saturated carbocycles. The van der Waals surface area contributed by atoms with Gasteiger partial charge in [-0.1, -0.05) is 0 Å². The molecule has 1 N–H and O–H groups in total. The monoisotopic (exact) mass is 291 g/mol. The van der Waals surface area contributed by atoms with Crippen LogP contribution in [0.3, 0.4) is 0 Å². The van der Waals surface area contributed by atoms with E-state index in [-0.39, 0.29) is 19.8 Å². The van der Waals surface area contributed by atoms with Crippen LogP contribution in [0.1, 0.15) is 6.42 Å². The highest BCUT2D eigenvalue weighted by molar-refractivity contribution is 5.91. The highest BCUT2D eigenvalue weighted by Gasteiger charge is 2.27. The van der Waals surface area contributed by atoms with Gasteiger partial charge in [0, 0.05) is 11.8 Å². The Balaban J connectivity index is 1.74. The summed E-state index contributed by atoms with van der Waals surface area (Å²) in [7, 11) is 0. The lowest BCUT2D eigenvalue weighted by molar-refractivity contribution is -0.174. The van der Waals surface area contributed by atoms with E-state index < -0.39 is 18.7 Å².